The van der Waals surface area contributed by atoms with Crippen molar-refractivity contribution in [1.82, 2.24) is 0 Å². The van der Waals surface area contributed by atoms with Gasteiger partial charge in [0.05, 0.1) is 0 Å². The van der Waals surface area contributed by atoms with E-state index in [9.17, 15) is 0 Å². The molecule has 1 fully saturated rings. The molecule has 0 aliphatic heterocycles. The van der Waals surface area contributed by atoms with E-state index in [2.05, 4.69) is 32.5 Å². The van der Waals surface area contributed by atoms with Crippen LogP contribution in [0.5, 0.6) is 0 Å². The van der Waals surface area contributed by atoms with E-state index in [1.54, 1.807) is 0 Å². The van der Waals surface area contributed by atoms with Crippen molar-refractivity contribution in [3.63, 3.8) is 0 Å². The molecule has 0 aromatic heterocycles. The van der Waals surface area contributed by atoms with E-state index in [0.29, 0.717) is 0 Å². The second-order valence-electron chi connectivity index (χ2n) is 5.85. The Morgan fingerprint density at radius 2 is 2.06 bits per heavy atom. The minimum Gasteiger partial charge on any atom is -0.330 e. The molecule has 0 saturated heterocycles. The zero-order valence-corrected chi connectivity index (χ0v) is 12.8. The monoisotopic (exact) mass is 257 g/mol. The standard InChI is InChI=1S/C15H31NS/c1-4-6-13-7-8-14(10-16)15(9-13)17-11-12(3)5-2/h12-15H,4-11,16H2,1-3H3. The fraction of sp³-hybridized carbons (Fsp3) is 1.00. The first-order valence-electron chi connectivity index (χ1n) is 7.52. The van der Waals surface area contributed by atoms with Crippen molar-refractivity contribution in [2.45, 2.75) is 64.5 Å². The molecule has 102 valence electrons. The SMILES string of the molecule is CCCC1CCC(CN)C(SCC(C)CC)C1. The van der Waals surface area contributed by atoms with E-state index in [4.69, 9.17) is 5.73 Å². The van der Waals surface area contributed by atoms with Crippen molar-refractivity contribution >= 4 is 11.8 Å². The molecule has 1 aliphatic rings. The van der Waals surface area contributed by atoms with Crippen LogP contribution in [0.3, 0.4) is 0 Å². The van der Waals surface area contributed by atoms with Gasteiger partial charge >= 0.3 is 0 Å². The van der Waals surface area contributed by atoms with Gasteiger partial charge in [-0.25, -0.2) is 0 Å². The predicted molar refractivity (Wildman–Crippen MR) is 80.5 cm³/mol. The highest BCUT2D eigenvalue weighted by Gasteiger charge is 2.29. The fourth-order valence-electron chi connectivity index (χ4n) is 2.82. The van der Waals surface area contributed by atoms with Crippen molar-refractivity contribution < 1.29 is 0 Å². The Morgan fingerprint density at radius 3 is 2.65 bits per heavy atom. The lowest BCUT2D eigenvalue weighted by Gasteiger charge is -2.35. The number of thioether (sulfide) groups is 1. The van der Waals surface area contributed by atoms with Crippen molar-refractivity contribution in [3.05, 3.63) is 0 Å². The van der Waals surface area contributed by atoms with E-state index in [0.717, 1.165) is 29.5 Å². The van der Waals surface area contributed by atoms with Gasteiger partial charge in [-0.1, -0.05) is 46.5 Å². The molecular weight excluding hydrogens is 226 g/mol. The van der Waals surface area contributed by atoms with E-state index in [-0.39, 0.29) is 0 Å². The van der Waals surface area contributed by atoms with Crippen LogP contribution in [-0.4, -0.2) is 17.5 Å². The van der Waals surface area contributed by atoms with Gasteiger partial charge in [-0.3, -0.25) is 0 Å². The number of nitrogens with two attached hydrogens (primary N) is 1. The van der Waals surface area contributed by atoms with Crippen LogP contribution in [0.15, 0.2) is 0 Å². The van der Waals surface area contributed by atoms with Gasteiger partial charge in [0.15, 0.2) is 0 Å². The van der Waals surface area contributed by atoms with Crippen LogP contribution in [0.4, 0.5) is 0 Å². The van der Waals surface area contributed by atoms with E-state index < -0.39 is 0 Å². The summed E-state index contributed by atoms with van der Waals surface area (Å²) in [6.07, 6.45) is 8.32. The molecule has 4 unspecified atom stereocenters. The van der Waals surface area contributed by atoms with Crippen molar-refractivity contribution in [2.24, 2.45) is 23.5 Å². The molecule has 17 heavy (non-hydrogen) atoms. The van der Waals surface area contributed by atoms with Crippen LogP contribution < -0.4 is 5.73 Å². The Balaban J connectivity index is 2.39. The van der Waals surface area contributed by atoms with Gasteiger partial charge in [-0.2, -0.15) is 11.8 Å². The molecule has 1 rings (SSSR count). The third-order valence-electron chi connectivity index (χ3n) is 4.33. The maximum atomic E-state index is 5.94. The predicted octanol–water partition coefficient (Wildman–Crippen LogP) is 4.31. The first-order chi connectivity index (χ1) is 8.21. The number of rotatable bonds is 7. The average Bonchev–Trinajstić information content (AvgIpc) is 2.36. The summed E-state index contributed by atoms with van der Waals surface area (Å²) in [5, 5.41) is 0.847. The second-order valence-corrected chi connectivity index (χ2v) is 7.12. The van der Waals surface area contributed by atoms with Gasteiger partial charge in [-0.15, -0.1) is 0 Å². The smallest absolute Gasteiger partial charge is 0.00900 e. The minimum absolute atomic E-state index is 0.789. The van der Waals surface area contributed by atoms with Crippen LogP contribution in [0.2, 0.25) is 0 Å². The maximum absolute atomic E-state index is 5.94. The van der Waals surface area contributed by atoms with Crippen LogP contribution >= 0.6 is 11.8 Å². The topological polar surface area (TPSA) is 26.0 Å². The highest BCUT2D eigenvalue weighted by molar-refractivity contribution is 7.99. The van der Waals surface area contributed by atoms with Gasteiger partial charge < -0.3 is 5.73 Å². The highest BCUT2D eigenvalue weighted by Crippen LogP contribution is 2.38. The zero-order valence-electron chi connectivity index (χ0n) is 12.0. The molecule has 0 spiro atoms. The minimum atomic E-state index is 0.789. The summed E-state index contributed by atoms with van der Waals surface area (Å²) in [6, 6.07) is 0. The summed E-state index contributed by atoms with van der Waals surface area (Å²) in [5.74, 6) is 3.97. The van der Waals surface area contributed by atoms with Crippen LogP contribution in [-0.2, 0) is 0 Å². The fourth-order valence-corrected chi connectivity index (χ4v) is 4.56. The average molecular weight is 257 g/mol. The highest BCUT2D eigenvalue weighted by atomic mass is 32.2. The van der Waals surface area contributed by atoms with Crippen LogP contribution in [0.25, 0.3) is 0 Å². The van der Waals surface area contributed by atoms with Gasteiger partial charge in [-0.05, 0) is 42.9 Å². The molecular formula is C15H31NS. The van der Waals surface area contributed by atoms with Gasteiger partial charge in [0, 0.05) is 5.25 Å². The Labute approximate surface area is 112 Å². The summed E-state index contributed by atoms with van der Waals surface area (Å²) in [7, 11) is 0. The zero-order chi connectivity index (χ0) is 12.7. The molecule has 2 heteroatoms. The van der Waals surface area contributed by atoms with Crippen LogP contribution in [0, 0.1) is 17.8 Å². The summed E-state index contributed by atoms with van der Waals surface area (Å²) in [6.45, 7) is 7.89. The van der Waals surface area contributed by atoms with Gasteiger partial charge in [0.25, 0.3) is 0 Å². The summed E-state index contributed by atoms with van der Waals surface area (Å²) >= 11 is 2.21. The lowest BCUT2D eigenvalue weighted by molar-refractivity contribution is 0.275. The summed E-state index contributed by atoms with van der Waals surface area (Å²) in [4.78, 5) is 0. The molecule has 1 saturated carbocycles. The van der Waals surface area contributed by atoms with E-state index >= 15 is 0 Å². The Hall–Kier alpha value is 0.310. The van der Waals surface area contributed by atoms with Gasteiger partial charge in [0.1, 0.15) is 0 Å². The lowest BCUT2D eigenvalue weighted by atomic mass is 9.80. The second kappa shape index (κ2) is 8.42. The molecule has 2 N–H and O–H groups in total. The molecule has 0 bridgehead atoms. The molecule has 0 aromatic carbocycles. The number of hydrogen-bond donors (Lipinski definition) is 1. The number of hydrogen-bond acceptors (Lipinski definition) is 2. The summed E-state index contributed by atoms with van der Waals surface area (Å²) < 4.78 is 0. The third kappa shape index (κ3) is 5.21. The normalized spacial score (nSPS) is 31.4. The van der Waals surface area contributed by atoms with E-state index in [1.807, 2.05) is 0 Å². The first-order valence-corrected chi connectivity index (χ1v) is 8.57. The maximum Gasteiger partial charge on any atom is 0.00900 e. The van der Waals surface area contributed by atoms with Crippen molar-refractivity contribution in [2.75, 3.05) is 12.3 Å². The molecule has 1 nitrogen and oxygen atoms in total. The third-order valence-corrected chi connectivity index (χ3v) is 6.10. The molecule has 0 heterocycles. The van der Waals surface area contributed by atoms with Crippen LogP contribution in [0.1, 0.15) is 59.3 Å². The van der Waals surface area contributed by atoms with Crippen molar-refractivity contribution in [3.8, 4) is 0 Å². The first kappa shape index (κ1) is 15.4. The summed E-state index contributed by atoms with van der Waals surface area (Å²) in [5.41, 5.74) is 5.94. The molecule has 4 atom stereocenters. The largest absolute Gasteiger partial charge is 0.330 e. The Kier molecular flexibility index (Phi) is 7.61. The molecule has 0 amide bonds. The van der Waals surface area contributed by atoms with E-state index in [1.165, 1.54) is 44.3 Å². The lowest BCUT2D eigenvalue weighted by Crippen LogP contribution is -2.33. The van der Waals surface area contributed by atoms with Crippen molar-refractivity contribution in [1.29, 1.82) is 0 Å². The Bertz CT molecular complexity index is 195. The molecule has 0 aromatic rings. The quantitative estimate of drug-likeness (QED) is 0.735. The Morgan fingerprint density at radius 1 is 1.29 bits per heavy atom. The molecule has 1 aliphatic carbocycles. The van der Waals surface area contributed by atoms with Gasteiger partial charge in [0.2, 0.25) is 0 Å². The molecule has 0 radical (unpaired) electrons.